The summed E-state index contributed by atoms with van der Waals surface area (Å²) in [6, 6.07) is 8.69. The minimum atomic E-state index is -0.152. The number of hydrogen-bond donors (Lipinski definition) is 2. The van der Waals surface area contributed by atoms with Gasteiger partial charge in [0.25, 0.3) is 0 Å². The van der Waals surface area contributed by atoms with Crippen molar-refractivity contribution in [1.29, 1.82) is 0 Å². The normalized spacial score (nSPS) is 23.0. The first-order valence-corrected chi connectivity index (χ1v) is 10.4. The Hall–Kier alpha value is -1.85. The fourth-order valence-corrected chi connectivity index (χ4v) is 4.69. The van der Waals surface area contributed by atoms with Crippen LogP contribution in [0.4, 0.5) is 0 Å². The lowest BCUT2D eigenvalue weighted by Crippen LogP contribution is -2.63. The number of morpholine rings is 1. The largest absolute Gasteiger partial charge is 0.363 e. The van der Waals surface area contributed by atoms with Crippen molar-refractivity contribution in [3.05, 3.63) is 36.0 Å². The first kappa shape index (κ1) is 18.5. The number of aromatic amines is 1. The van der Waals surface area contributed by atoms with Crippen molar-refractivity contribution >= 4 is 16.8 Å². The topological polar surface area (TPSA) is 57.4 Å². The van der Waals surface area contributed by atoms with E-state index >= 15 is 0 Å². The van der Waals surface area contributed by atoms with Gasteiger partial charge < -0.3 is 19.9 Å². The van der Waals surface area contributed by atoms with Crippen molar-refractivity contribution in [2.45, 2.75) is 57.1 Å². The summed E-state index contributed by atoms with van der Waals surface area (Å²) in [5, 5.41) is 4.55. The number of fused-ring (bicyclic) bond motifs is 1. The molecule has 0 bridgehead atoms. The molecule has 4 rings (SSSR count). The molecule has 0 aliphatic carbocycles. The van der Waals surface area contributed by atoms with Crippen molar-refractivity contribution < 1.29 is 9.53 Å². The van der Waals surface area contributed by atoms with Crippen LogP contribution in [0.2, 0.25) is 0 Å². The number of rotatable bonds is 6. The highest BCUT2D eigenvalue weighted by Gasteiger charge is 2.45. The van der Waals surface area contributed by atoms with Gasteiger partial charge in [-0.15, -0.1) is 0 Å². The molecular formula is C22H31N3O2. The third-order valence-corrected chi connectivity index (χ3v) is 6.38. The first-order valence-electron chi connectivity index (χ1n) is 10.4. The van der Waals surface area contributed by atoms with E-state index in [2.05, 4.69) is 52.6 Å². The predicted octanol–water partition coefficient (Wildman–Crippen LogP) is 3.25. The first-order chi connectivity index (χ1) is 13.2. The number of nitrogens with zero attached hydrogens (tertiary/aromatic N) is 1. The molecule has 27 heavy (non-hydrogen) atoms. The molecule has 1 amide bonds. The number of hydrogen-bond acceptors (Lipinski definition) is 3. The number of piperidine rings is 1. The lowest BCUT2D eigenvalue weighted by Gasteiger charge is -2.48. The number of likely N-dealkylation sites (tertiary alicyclic amines) is 1. The summed E-state index contributed by atoms with van der Waals surface area (Å²) in [6.45, 7) is 5.58. The highest BCUT2D eigenvalue weighted by molar-refractivity contribution is 5.83. The second-order valence-electron chi connectivity index (χ2n) is 8.07. The van der Waals surface area contributed by atoms with E-state index in [0.29, 0.717) is 0 Å². The van der Waals surface area contributed by atoms with Gasteiger partial charge in [-0.2, -0.15) is 0 Å². The number of carbonyl (C=O) groups excluding carboxylic acids is 1. The summed E-state index contributed by atoms with van der Waals surface area (Å²) in [7, 11) is 0. The fourth-order valence-electron chi connectivity index (χ4n) is 4.69. The average Bonchev–Trinajstić information content (AvgIpc) is 3.11. The number of carbonyl (C=O) groups is 1. The van der Waals surface area contributed by atoms with Crippen LogP contribution in [0.25, 0.3) is 10.9 Å². The van der Waals surface area contributed by atoms with E-state index in [9.17, 15) is 4.79 Å². The van der Waals surface area contributed by atoms with Crippen LogP contribution >= 0.6 is 0 Å². The van der Waals surface area contributed by atoms with E-state index in [1.165, 1.54) is 16.5 Å². The molecule has 1 unspecified atom stereocenters. The smallest absolute Gasteiger partial charge is 0.246 e. The Kier molecular flexibility index (Phi) is 5.50. The van der Waals surface area contributed by atoms with Gasteiger partial charge in [0, 0.05) is 36.7 Å². The third-order valence-electron chi connectivity index (χ3n) is 6.38. The van der Waals surface area contributed by atoms with Crippen molar-refractivity contribution in [3.63, 3.8) is 0 Å². The molecule has 146 valence electrons. The molecule has 2 aliphatic heterocycles. The van der Waals surface area contributed by atoms with Crippen LogP contribution in [0.3, 0.4) is 0 Å². The van der Waals surface area contributed by atoms with Gasteiger partial charge in [-0.05, 0) is 37.3 Å². The molecule has 2 saturated heterocycles. The van der Waals surface area contributed by atoms with Gasteiger partial charge in [-0.25, -0.2) is 0 Å². The Balaban J connectivity index is 1.34. The second-order valence-corrected chi connectivity index (χ2v) is 8.07. The molecule has 1 atom stereocenters. The molecule has 1 spiro atoms. The minimum absolute atomic E-state index is 0.0449. The van der Waals surface area contributed by atoms with E-state index in [1.54, 1.807) is 0 Å². The maximum atomic E-state index is 11.8. The van der Waals surface area contributed by atoms with Gasteiger partial charge in [0.05, 0.1) is 11.6 Å². The number of para-hydroxylation sites is 1. The van der Waals surface area contributed by atoms with Crippen LogP contribution in [0, 0.1) is 0 Å². The quantitative estimate of drug-likeness (QED) is 0.822. The third kappa shape index (κ3) is 3.90. The molecule has 1 aromatic carbocycles. The van der Waals surface area contributed by atoms with E-state index in [4.69, 9.17) is 4.74 Å². The minimum Gasteiger partial charge on any atom is -0.363 e. The van der Waals surface area contributed by atoms with Crippen LogP contribution in [0.5, 0.6) is 0 Å². The van der Waals surface area contributed by atoms with Gasteiger partial charge in [0.2, 0.25) is 5.91 Å². The van der Waals surface area contributed by atoms with Gasteiger partial charge in [0.1, 0.15) is 6.61 Å². The number of unbranched alkanes of at least 4 members (excludes halogenated alkanes) is 1. The van der Waals surface area contributed by atoms with Crippen LogP contribution in [-0.4, -0.2) is 53.7 Å². The van der Waals surface area contributed by atoms with E-state index in [0.717, 1.165) is 58.2 Å². The van der Waals surface area contributed by atoms with Crippen molar-refractivity contribution in [1.82, 2.24) is 15.2 Å². The van der Waals surface area contributed by atoms with Crippen LogP contribution < -0.4 is 5.32 Å². The number of nitrogens with one attached hydrogen (secondary N) is 2. The Morgan fingerprint density at radius 2 is 2.07 bits per heavy atom. The van der Waals surface area contributed by atoms with Gasteiger partial charge >= 0.3 is 0 Å². The molecule has 2 fully saturated rings. The van der Waals surface area contributed by atoms with Crippen molar-refractivity contribution in [2.75, 3.05) is 26.2 Å². The monoisotopic (exact) mass is 369 g/mol. The Bertz CT molecular complexity index is 777. The number of benzene rings is 1. The standard InChI is InChI=1S/C22H31N3O2/c1-2-3-8-20-22(27-16-21(26)24-20)10-13-25(14-11-22)12-9-17-15-23-19-7-5-4-6-18(17)19/h4-7,15,20,23H,2-3,8-14,16H2,1H3,(H,24,26). The molecule has 2 aliphatic rings. The SMILES string of the molecule is CCCCC1NC(=O)COC12CCN(CCc1c[nH]c3ccccc13)CC2. The maximum Gasteiger partial charge on any atom is 0.246 e. The van der Waals surface area contributed by atoms with Gasteiger partial charge in [-0.1, -0.05) is 38.0 Å². The van der Waals surface area contributed by atoms with Crippen LogP contribution in [0.1, 0.15) is 44.6 Å². The lowest BCUT2D eigenvalue weighted by atomic mass is 9.80. The zero-order valence-electron chi connectivity index (χ0n) is 16.3. The molecule has 2 N–H and O–H groups in total. The predicted molar refractivity (Wildman–Crippen MR) is 108 cm³/mol. The summed E-state index contributed by atoms with van der Waals surface area (Å²) >= 11 is 0. The molecule has 0 radical (unpaired) electrons. The highest BCUT2D eigenvalue weighted by atomic mass is 16.5. The second kappa shape index (κ2) is 8.03. The van der Waals surface area contributed by atoms with E-state index < -0.39 is 0 Å². The molecule has 0 saturated carbocycles. The summed E-state index contributed by atoms with van der Waals surface area (Å²) in [4.78, 5) is 17.7. The van der Waals surface area contributed by atoms with Crippen LogP contribution in [0.15, 0.2) is 30.5 Å². The average molecular weight is 370 g/mol. The van der Waals surface area contributed by atoms with Crippen molar-refractivity contribution in [2.24, 2.45) is 0 Å². The van der Waals surface area contributed by atoms with Gasteiger partial charge in [-0.3, -0.25) is 4.79 Å². The zero-order chi connectivity index (χ0) is 18.7. The number of H-pyrrole nitrogens is 1. The molecule has 1 aromatic heterocycles. The van der Waals surface area contributed by atoms with E-state index in [1.807, 2.05) is 0 Å². The van der Waals surface area contributed by atoms with Crippen molar-refractivity contribution in [3.8, 4) is 0 Å². The Morgan fingerprint density at radius 1 is 1.26 bits per heavy atom. The molecular weight excluding hydrogens is 338 g/mol. The number of aromatic nitrogens is 1. The Morgan fingerprint density at radius 3 is 2.89 bits per heavy atom. The number of ether oxygens (including phenoxy) is 1. The Labute approximate surface area is 161 Å². The zero-order valence-corrected chi connectivity index (χ0v) is 16.3. The maximum absolute atomic E-state index is 11.8. The lowest BCUT2D eigenvalue weighted by molar-refractivity contribution is -0.162. The van der Waals surface area contributed by atoms with Gasteiger partial charge in [0.15, 0.2) is 0 Å². The highest BCUT2D eigenvalue weighted by Crippen LogP contribution is 2.34. The molecule has 2 aromatic rings. The summed E-state index contributed by atoms with van der Waals surface area (Å²) in [5.74, 6) is 0.0449. The molecule has 3 heterocycles. The molecule has 5 heteroatoms. The number of amides is 1. The summed E-state index contributed by atoms with van der Waals surface area (Å²) in [6.07, 6.45) is 8.55. The molecule has 5 nitrogen and oxygen atoms in total. The fraction of sp³-hybridized carbons (Fsp3) is 0.591. The summed E-state index contributed by atoms with van der Waals surface area (Å²) in [5.41, 5.74) is 2.46. The van der Waals surface area contributed by atoms with E-state index in [-0.39, 0.29) is 24.2 Å². The van der Waals surface area contributed by atoms with Crippen LogP contribution in [-0.2, 0) is 16.0 Å². The summed E-state index contributed by atoms with van der Waals surface area (Å²) < 4.78 is 6.14.